The van der Waals surface area contributed by atoms with Gasteiger partial charge < -0.3 is 0 Å². The highest BCUT2D eigenvalue weighted by Crippen LogP contribution is 2.31. The van der Waals surface area contributed by atoms with Crippen molar-refractivity contribution in [3.63, 3.8) is 0 Å². The summed E-state index contributed by atoms with van der Waals surface area (Å²) >= 11 is 0. The molecule has 0 aromatic heterocycles. The Kier molecular flexibility index (Phi) is 7.98. The summed E-state index contributed by atoms with van der Waals surface area (Å²) in [5, 5.41) is 0. The monoisotopic (exact) mass is 208 g/mol. The molecule has 0 aromatic rings. The van der Waals surface area contributed by atoms with Crippen LogP contribution < -0.4 is 0 Å². The SMILES string of the molecule is C/C=C1\CCCC(C=O)=C1CCC.CC. The van der Waals surface area contributed by atoms with Crippen molar-refractivity contribution < 1.29 is 4.79 Å². The summed E-state index contributed by atoms with van der Waals surface area (Å²) in [6, 6.07) is 0. The Morgan fingerprint density at radius 3 is 2.40 bits per heavy atom. The van der Waals surface area contributed by atoms with E-state index in [0.29, 0.717) is 0 Å². The van der Waals surface area contributed by atoms with Gasteiger partial charge in [0.05, 0.1) is 0 Å². The van der Waals surface area contributed by atoms with Crippen molar-refractivity contribution in [3.8, 4) is 0 Å². The molecule has 0 saturated heterocycles. The van der Waals surface area contributed by atoms with Crippen molar-refractivity contribution in [2.24, 2.45) is 0 Å². The summed E-state index contributed by atoms with van der Waals surface area (Å²) in [6.07, 6.45) is 8.68. The van der Waals surface area contributed by atoms with E-state index in [2.05, 4.69) is 19.9 Å². The Morgan fingerprint density at radius 2 is 1.93 bits per heavy atom. The lowest BCUT2D eigenvalue weighted by atomic mass is 9.85. The lowest BCUT2D eigenvalue weighted by molar-refractivity contribution is -0.105. The van der Waals surface area contributed by atoms with Crippen LogP contribution in [0.3, 0.4) is 0 Å². The molecule has 0 aromatic carbocycles. The van der Waals surface area contributed by atoms with Gasteiger partial charge in [-0.2, -0.15) is 0 Å². The van der Waals surface area contributed by atoms with E-state index in [4.69, 9.17) is 0 Å². The minimum Gasteiger partial charge on any atom is -0.298 e. The first-order valence-electron chi connectivity index (χ1n) is 6.16. The van der Waals surface area contributed by atoms with Gasteiger partial charge in [-0.1, -0.05) is 33.3 Å². The van der Waals surface area contributed by atoms with Gasteiger partial charge in [0, 0.05) is 0 Å². The molecular formula is C14H24O. The third-order valence-electron chi connectivity index (χ3n) is 2.66. The van der Waals surface area contributed by atoms with E-state index in [1.54, 1.807) is 0 Å². The van der Waals surface area contributed by atoms with E-state index in [-0.39, 0.29) is 0 Å². The number of hydrogen-bond acceptors (Lipinski definition) is 1. The maximum Gasteiger partial charge on any atom is 0.146 e. The molecule has 1 heteroatoms. The zero-order valence-corrected chi connectivity index (χ0v) is 10.6. The number of aldehydes is 1. The average molecular weight is 208 g/mol. The first kappa shape index (κ1) is 14.2. The molecule has 0 atom stereocenters. The molecule has 0 fully saturated rings. The molecule has 1 aliphatic rings. The second-order valence-corrected chi connectivity index (χ2v) is 3.54. The van der Waals surface area contributed by atoms with Crippen LogP contribution in [0.25, 0.3) is 0 Å². The first-order chi connectivity index (χ1) is 7.33. The summed E-state index contributed by atoms with van der Waals surface area (Å²) in [5.74, 6) is 0. The molecule has 1 aliphatic carbocycles. The average Bonchev–Trinajstić information content (AvgIpc) is 2.32. The number of rotatable bonds is 3. The highest BCUT2D eigenvalue weighted by molar-refractivity contribution is 5.76. The maximum atomic E-state index is 10.8. The Labute approximate surface area is 94.3 Å². The lowest BCUT2D eigenvalue weighted by Crippen LogP contribution is -2.04. The van der Waals surface area contributed by atoms with Crippen LogP contribution in [0.5, 0.6) is 0 Å². The van der Waals surface area contributed by atoms with Crippen LogP contribution in [-0.4, -0.2) is 6.29 Å². The zero-order chi connectivity index (χ0) is 11.7. The van der Waals surface area contributed by atoms with E-state index < -0.39 is 0 Å². The topological polar surface area (TPSA) is 17.1 Å². The Morgan fingerprint density at radius 1 is 1.27 bits per heavy atom. The zero-order valence-electron chi connectivity index (χ0n) is 10.6. The summed E-state index contributed by atoms with van der Waals surface area (Å²) < 4.78 is 0. The highest BCUT2D eigenvalue weighted by Gasteiger charge is 2.14. The summed E-state index contributed by atoms with van der Waals surface area (Å²) in [5.41, 5.74) is 3.77. The molecule has 0 bridgehead atoms. The summed E-state index contributed by atoms with van der Waals surface area (Å²) in [6.45, 7) is 8.23. The van der Waals surface area contributed by atoms with Gasteiger partial charge in [0.2, 0.25) is 0 Å². The molecule has 0 saturated carbocycles. The second kappa shape index (κ2) is 8.46. The summed E-state index contributed by atoms with van der Waals surface area (Å²) in [4.78, 5) is 10.8. The minimum absolute atomic E-state index is 0.982. The third-order valence-corrected chi connectivity index (χ3v) is 2.66. The van der Waals surface area contributed by atoms with E-state index in [1.807, 2.05) is 13.8 Å². The largest absolute Gasteiger partial charge is 0.298 e. The normalized spacial score (nSPS) is 18.5. The molecule has 0 aliphatic heterocycles. The van der Waals surface area contributed by atoms with Crippen molar-refractivity contribution >= 4 is 6.29 Å². The van der Waals surface area contributed by atoms with Crippen LogP contribution in [0.4, 0.5) is 0 Å². The fraction of sp³-hybridized carbons (Fsp3) is 0.643. The van der Waals surface area contributed by atoms with E-state index in [9.17, 15) is 4.79 Å². The van der Waals surface area contributed by atoms with Gasteiger partial charge in [0.15, 0.2) is 0 Å². The van der Waals surface area contributed by atoms with Gasteiger partial charge in [-0.05, 0) is 49.3 Å². The fourth-order valence-electron chi connectivity index (χ4n) is 2.00. The number of carbonyl (C=O) groups is 1. The number of allylic oxidation sites excluding steroid dienone is 4. The first-order valence-corrected chi connectivity index (χ1v) is 6.16. The third kappa shape index (κ3) is 4.03. The maximum absolute atomic E-state index is 10.8. The van der Waals surface area contributed by atoms with E-state index in [1.165, 1.54) is 11.1 Å². The van der Waals surface area contributed by atoms with Crippen LogP contribution in [0.1, 0.15) is 59.8 Å². The molecule has 86 valence electrons. The van der Waals surface area contributed by atoms with Crippen molar-refractivity contribution in [1.29, 1.82) is 0 Å². The summed E-state index contributed by atoms with van der Waals surface area (Å²) in [7, 11) is 0. The standard InChI is InChI=1S/C12H18O.C2H6/c1-3-6-12-10(4-2)7-5-8-11(12)9-13;1-2/h4,9H,3,5-8H2,1-2H3;1-2H3/b10-4+;. The van der Waals surface area contributed by atoms with Crippen LogP contribution in [0, 0.1) is 0 Å². The van der Waals surface area contributed by atoms with Gasteiger partial charge >= 0.3 is 0 Å². The molecule has 1 nitrogen and oxygen atoms in total. The van der Waals surface area contributed by atoms with Crippen LogP contribution >= 0.6 is 0 Å². The van der Waals surface area contributed by atoms with Gasteiger partial charge in [-0.3, -0.25) is 4.79 Å². The van der Waals surface area contributed by atoms with Crippen molar-refractivity contribution in [3.05, 3.63) is 22.8 Å². The van der Waals surface area contributed by atoms with Crippen LogP contribution in [-0.2, 0) is 4.79 Å². The predicted octanol–water partition coefficient (Wildman–Crippen LogP) is 4.44. The Hall–Kier alpha value is -0.850. The van der Waals surface area contributed by atoms with Gasteiger partial charge in [-0.15, -0.1) is 0 Å². The van der Waals surface area contributed by atoms with Gasteiger partial charge in [0.1, 0.15) is 6.29 Å². The van der Waals surface area contributed by atoms with Crippen LogP contribution in [0.2, 0.25) is 0 Å². The highest BCUT2D eigenvalue weighted by atomic mass is 16.1. The molecule has 0 spiro atoms. The molecule has 0 N–H and O–H groups in total. The van der Waals surface area contributed by atoms with Crippen molar-refractivity contribution in [2.45, 2.75) is 59.8 Å². The fourth-order valence-corrected chi connectivity index (χ4v) is 2.00. The number of hydrogen-bond donors (Lipinski definition) is 0. The second-order valence-electron chi connectivity index (χ2n) is 3.54. The van der Waals surface area contributed by atoms with Gasteiger partial charge in [0.25, 0.3) is 0 Å². The molecule has 1 rings (SSSR count). The van der Waals surface area contributed by atoms with Crippen molar-refractivity contribution in [1.82, 2.24) is 0 Å². The predicted molar refractivity (Wildman–Crippen MR) is 67.0 cm³/mol. The van der Waals surface area contributed by atoms with Gasteiger partial charge in [-0.25, -0.2) is 0 Å². The minimum atomic E-state index is 0.982. The van der Waals surface area contributed by atoms with Crippen molar-refractivity contribution in [2.75, 3.05) is 0 Å². The number of carbonyl (C=O) groups excluding carboxylic acids is 1. The quantitative estimate of drug-likeness (QED) is 0.627. The Balaban J connectivity index is 0.000000921. The molecule has 0 unspecified atom stereocenters. The molecule has 0 amide bonds. The lowest BCUT2D eigenvalue weighted by Gasteiger charge is -2.19. The molecule has 0 heterocycles. The molecular weight excluding hydrogens is 184 g/mol. The smallest absolute Gasteiger partial charge is 0.146 e. The molecule has 15 heavy (non-hydrogen) atoms. The van der Waals surface area contributed by atoms with Crippen LogP contribution in [0.15, 0.2) is 22.8 Å². The Bertz CT molecular complexity index is 246. The van der Waals surface area contributed by atoms with E-state index in [0.717, 1.165) is 44.0 Å². The molecule has 0 radical (unpaired) electrons. The van der Waals surface area contributed by atoms with E-state index >= 15 is 0 Å².